The Morgan fingerprint density at radius 2 is 2.15 bits per heavy atom. The molecule has 68 valence electrons. The van der Waals surface area contributed by atoms with E-state index in [2.05, 4.69) is 22.6 Å². The molecule has 1 aromatic carbocycles. The Morgan fingerprint density at radius 1 is 1.38 bits per heavy atom. The quantitative estimate of drug-likeness (QED) is 0.342. The fourth-order valence-electron chi connectivity index (χ4n) is 1.37. The van der Waals surface area contributed by atoms with Crippen molar-refractivity contribution in [3.8, 4) is 5.75 Å². The molecule has 0 fully saturated rings. The Kier molecular flexibility index (Phi) is 2.15. The van der Waals surface area contributed by atoms with Gasteiger partial charge in [0.25, 0.3) is 0 Å². The molecular formula is C9H8INO2. The monoisotopic (exact) mass is 289 g/mol. The van der Waals surface area contributed by atoms with Crippen LogP contribution in [-0.4, -0.2) is 5.97 Å². The predicted octanol–water partition coefficient (Wildman–Crippen LogP) is 1.72. The molecule has 1 aliphatic heterocycles. The van der Waals surface area contributed by atoms with Crippen LogP contribution >= 0.6 is 22.6 Å². The molecular weight excluding hydrogens is 281 g/mol. The van der Waals surface area contributed by atoms with Crippen molar-refractivity contribution in [1.29, 1.82) is 0 Å². The highest BCUT2D eigenvalue weighted by molar-refractivity contribution is 14.1. The number of anilines is 1. The van der Waals surface area contributed by atoms with Gasteiger partial charge < -0.3 is 10.5 Å². The lowest BCUT2D eigenvalue weighted by Gasteiger charge is -2.17. The largest absolute Gasteiger partial charge is 0.426 e. The van der Waals surface area contributed by atoms with Crippen LogP contribution < -0.4 is 10.5 Å². The van der Waals surface area contributed by atoms with Gasteiger partial charge in [0.15, 0.2) is 0 Å². The zero-order chi connectivity index (χ0) is 9.42. The van der Waals surface area contributed by atoms with E-state index in [1.54, 1.807) is 6.07 Å². The maximum absolute atomic E-state index is 11.0. The van der Waals surface area contributed by atoms with Crippen LogP contribution in [0.1, 0.15) is 12.0 Å². The van der Waals surface area contributed by atoms with Crippen LogP contribution in [-0.2, 0) is 11.2 Å². The zero-order valence-electron chi connectivity index (χ0n) is 6.84. The number of hydrogen-bond acceptors (Lipinski definition) is 3. The molecule has 3 nitrogen and oxygen atoms in total. The first-order chi connectivity index (χ1) is 6.18. The standard InChI is InChI=1S/C9H8INO2/c10-6-2-3-7-5(9(6)11)1-4-8(12)13-7/h2-3H,1,4,11H2. The first-order valence-corrected chi connectivity index (χ1v) is 5.04. The number of nitrogen functional groups attached to an aromatic ring is 1. The number of esters is 1. The van der Waals surface area contributed by atoms with E-state index in [1.165, 1.54) is 0 Å². The maximum atomic E-state index is 11.0. The van der Waals surface area contributed by atoms with Gasteiger partial charge in [0.2, 0.25) is 0 Å². The average molecular weight is 289 g/mol. The molecule has 1 heterocycles. The second-order valence-corrected chi connectivity index (χ2v) is 4.07. The van der Waals surface area contributed by atoms with Crippen LogP contribution in [0.25, 0.3) is 0 Å². The molecule has 0 atom stereocenters. The first-order valence-electron chi connectivity index (χ1n) is 3.96. The van der Waals surface area contributed by atoms with E-state index in [9.17, 15) is 4.79 Å². The predicted molar refractivity (Wildman–Crippen MR) is 57.5 cm³/mol. The van der Waals surface area contributed by atoms with Crippen molar-refractivity contribution in [1.82, 2.24) is 0 Å². The van der Waals surface area contributed by atoms with E-state index in [1.807, 2.05) is 6.07 Å². The van der Waals surface area contributed by atoms with Crippen LogP contribution in [0.15, 0.2) is 12.1 Å². The van der Waals surface area contributed by atoms with Crippen LogP contribution in [0.2, 0.25) is 0 Å². The fraction of sp³-hybridized carbons (Fsp3) is 0.222. The Labute approximate surface area is 89.4 Å². The minimum Gasteiger partial charge on any atom is -0.426 e. The summed E-state index contributed by atoms with van der Waals surface area (Å²) in [6.45, 7) is 0. The summed E-state index contributed by atoms with van der Waals surface area (Å²) in [7, 11) is 0. The molecule has 0 saturated carbocycles. The third kappa shape index (κ3) is 1.50. The Hall–Kier alpha value is -0.780. The number of halogens is 1. The molecule has 13 heavy (non-hydrogen) atoms. The molecule has 0 aromatic heterocycles. The van der Waals surface area contributed by atoms with Crippen molar-refractivity contribution in [3.63, 3.8) is 0 Å². The zero-order valence-corrected chi connectivity index (χ0v) is 9.00. The minimum atomic E-state index is -0.173. The smallest absolute Gasteiger partial charge is 0.311 e. The number of hydrogen-bond donors (Lipinski definition) is 1. The van der Waals surface area contributed by atoms with Crippen molar-refractivity contribution >= 4 is 34.2 Å². The summed E-state index contributed by atoms with van der Waals surface area (Å²) < 4.78 is 6.05. The van der Waals surface area contributed by atoms with Gasteiger partial charge in [-0.2, -0.15) is 0 Å². The lowest BCUT2D eigenvalue weighted by Crippen LogP contribution is -2.17. The second-order valence-electron chi connectivity index (χ2n) is 2.91. The lowest BCUT2D eigenvalue weighted by molar-refractivity contribution is -0.135. The average Bonchev–Trinajstić information content (AvgIpc) is 2.12. The van der Waals surface area contributed by atoms with E-state index in [-0.39, 0.29) is 5.97 Å². The molecule has 0 unspecified atom stereocenters. The van der Waals surface area contributed by atoms with Gasteiger partial charge in [-0.05, 0) is 41.1 Å². The fourth-order valence-corrected chi connectivity index (χ4v) is 1.88. The van der Waals surface area contributed by atoms with Crippen molar-refractivity contribution in [2.45, 2.75) is 12.8 Å². The van der Waals surface area contributed by atoms with Gasteiger partial charge in [-0.15, -0.1) is 0 Å². The number of carbonyl (C=O) groups is 1. The maximum Gasteiger partial charge on any atom is 0.311 e. The number of fused-ring (bicyclic) bond motifs is 1. The second kappa shape index (κ2) is 3.17. The van der Waals surface area contributed by atoms with Crippen LogP contribution in [0, 0.1) is 3.57 Å². The third-order valence-corrected chi connectivity index (χ3v) is 3.00. The summed E-state index contributed by atoms with van der Waals surface area (Å²) in [6.07, 6.45) is 1.12. The van der Waals surface area contributed by atoms with Crippen LogP contribution in [0.3, 0.4) is 0 Å². The van der Waals surface area contributed by atoms with Crippen molar-refractivity contribution in [2.24, 2.45) is 0 Å². The summed E-state index contributed by atoms with van der Waals surface area (Å²) in [5.41, 5.74) is 7.56. The molecule has 4 heteroatoms. The Morgan fingerprint density at radius 3 is 2.92 bits per heavy atom. The van der Waals surface area contributed by atoms with E-state index in [0.717, 1.165) is 14.8 Å². The lowest BCUT2D eigenvalue weighted by atomic mass is 10.0. The highest BCUT2D eigenvalue weighted by Gasteiger charge is 2.19. The van der Waals surface area contributed by atoms with Crippen LogP contribution in [0.5, 0.6) is 5.75 Å². The molecule has 0 amide bonds. The molecule has 0 bridgehead atoms. The molecule has 2 rings (SSSR count). The van der Waals surface area contributed by atoms with Crippen molar-refractivity contribution in [2.75, 3.05) is 5.73 Å². The summed E-state index contributed by atoms with van der Waals surface area (Å²) >= 11 is 2.17. The molecule has 0 radical (unpaired) electrons. The number of rotatable bonds is 0. The summed E-state index contributed by atoms with van der Waals surface area (Å²) in [5, 5.41) is 0. The number of ether oxygens (including phenoxy) is 1. The number of nitrogens with two attached hydrogens (primary N) is 1. The normalized spacial score (nSPS) is 15.0. The summed E-state index contributed by atoms with van der Waals surface area (Å²) in [6, 6.07) is 3.65. The van der Waals surface area contributed by atoms with E-state index in [0.29, 0.717) is 18.6 Å². The first kappa shape index (κ1) is 8.80. The van der Waals surface area contributed by atoms with Crippen LogP contribution in [0.4, 0.5) is 5.69 Å². The number of carbonyl (C=O) groups excluding carboxylic acids is 1. The minimum absolute atomic E-state index is 0.173. The topological polar surface area (TPSA) is 52.3 Å². The van der Waals surface area contributed by atoms with E-state index >= 15 is 0 Å². The molecule has 1 aromatic rings. The Bertz CT molecular complexity index is 376. The summed E-state index contributed by atoms with van der Waals surface area (Å²) in [4.78, 5) is 11.0. The highest BCUT2D eigenvalue weighted by Crippen LogP contribution is 2.32. The number of benzene rings is 1. The van der Waals surface area contributed by atoms with Gasteiger partial charge in [-0.1, -0.05) is 0 Å². The molecule has 2 N–H and O–H groups in total. The van der Waals surface area contributed by atoms with Gasteiger partial charge in [0.1, 0.15) is 5.75 Å². The molecule has 0 saturated heterocycles. The van der Waals surface area contributed by atoms with Gasteiger partial charge in [-0.3, -0.25) is 4.79 Å². The van der Waals surface area contributed by atoms with Gasteiger partial charge in [0, 0.05) is 9.13 Å². The third-order valence-electron chi connectivity index (χ3n) is 2.06. The SMILES string of the molecule is Nc1c(I)ccc2c1CCC(=O)O2. The molecule has 0 spiro atoms. The van der Waals surface area contributed by atoms with Gasteiger partial charge >= 0.3 is 5.97 Å². The van der Waals surface area contributed by atoms with Crippen molar-refractivity contribution in [3.05, 3.63) is 21.3 Å². The van der Waals surface area contributed by atoms with E-state index < -0.39 is 0 Å². The Balaban J connectivity index is 2.53. The van der Waals surface area contributed by atoms with Gasteiger partial charge in [0.05, 0.1) is 12.1 Å². The molecule has 0 aliphatic carbocycles. The van der Waals surface area contributed by atoms with Gasteiger partial charge in [-0.25, -0.2) is 0 Å². The highest BCUT2D eigenvalue weighted by atomic mass is 127. The van der Waals surface area contributed by atoms with Crippen molar-refractivity contribution < 1.29 is 9.53 Å². The van der Waals surface area contributed by atoms with E-state index in [4.69, 9.17) is 10.5 Å². The molecule has 1 aliphatic rings. The summed E-state index contributed by atoms with van der Waals surface area (Å²) in [5.74, 6) is 0.447.